The first-order valence-electron chi connectivity index (χ1n) is 15.9. The number of nitrogens with zero attached hydrogens (tertiary/aromatic N) is 3. The molecule has 1 N–H and O–H groups in total. The second kappa shape index (κ2) is 14.3. The number of aryl methyl sites for hydroxylation is 1. The van der Waals surface area contributed by atoms with E-state index < -0.39 is 21.7 Å². The second-order valence-corrected chi connectivity index (χ2v) is 15.7. The summed E-state index contributed by atoms with van der Waals surface area (Å²) in [6.45, 7) is 7.55. The van der Waals surface area contributed by atoms with E-state index in [4.69, 9.17) is 9.47 Å². The van der Waals surface area contributed by atoms with Gasteiger partial charge in [-0.15, -0.1) is 11.3 Å². The molecule has 0 saturated carbocycles. The number of fused-ring (bicyclic) bond motifs is 1. The summed E-state index contributed by atoms with van der Waals surface area (Å²) in [6.07, 6.45) is 4.62. The highest BCUT2D eigenvalue weighted by Crippen LogP contribution is 2.41. The maximum Gasteiger partial charge on any atom is 0.407 e. The van der Waals surface area contributed by atoms with Crippen molar-refractivity contribution in [2.75, 3.05) is 0 Å². The fourth-order valence-electron chi connectivity index (χ4n) is 5.24. The van der Waals surface area contributed by atoms with Crippen LogP contribution in [0.1, 0.15) is 42.5 Å². The van der Waals surface area contributed by atoms with Crippen LogP contribution in [0, 0.1) is 6.92 Å². The van der Waals surface area contributed by atoms with Gasteiger partial charge in [-0.2, -0.15) is 0 Å². The number of pyridine rings is 1. The van der Waals surface area contributed by atoms with E-state index >= 15 is 0 Å². The van der Waals surface area contributed by atoms with Crippen LogP contribution in [0.25, 0.3) is 21.5 Å². The van der Waals surface area contributed by atoms with Gasteiger partial charge in [0.15, 0.2) is 5.65 Å². The van der Waals surface area contributed by atoms with E-state index in [0.717, 1.165) is 16.7 Å². The molecule has 0 spiro atoms. The van der Waals surface area contributed by atoms with Crippen molar-refractivity contribution in [2.24, 2.45) is 0 Å². The predicted molar refractivity (Wildman–Crippen MR) is 193 cm³/mol. The van der Waals surface area contributed by atoms with Crippen molar-refractivity contribution in [1.29, 1.82) is 0 Å². The molecule has 0 aliphatic carbocycles. The van der Waals surface area contributed by atoms with E-state index in [2.05, 4.69) is 15.3 Å². The average molecular weight is 709 g/mol. The first kappa shape index (κ1) is 34.5. The molecule has 0 unspecified atom stereocenters. The Morgan fingerprint density at radius 3 is 2.30 bits per heavy atom. The molecule has 1 amide bonds. The minimum atomic E-state index is -4.05. The van der Waals surface area contributed by atoms with Crippen molar-refractivity contribution in [3.8, 4) is 21.9 Å². The minimum absolute atomic E-state index is 0.0249. The van der Waals surface area contributed by atoms with Gasteiger partial charge in [0.1, 0.15) is 27.9 Å². The van der Waals surface area contributed by atoms with Gasteiger partial charge in [0.2, 0.25) is 0 Å². The Morgan fingerprint density at radius 2 is 1.60 bits per heavy atom. The summed E-state index contributed by atoms with van der Waals surface area (Å²) in [7, 11) is -4.05. The van der Waals surface area contributed by atoms with E-state index in [1.165, 1.54) is 27.7 Å². The molecule has 12 heteroatoms. The number of aromatic nitrogens is 3. The van der Waals surface area contributed by atoms with Gasteiger partial charge in [-0.25, -0.2) is 27.2 Å². The molecule has 3 aromatic heterocycles. The Bertz CT molecular complexity index is 2250. The van der Waals surface area contributed by atoms with Crippen LogP contribution in [0.5, 0.6) is 11.5 Å². The summed E-state index contributed by atoms with van der Waals surface area (Å²) in [5, 5.41) is 3.83. The molecule has 0 bridgehead atoms. The fourth-order valence-corrected chi connectivity index (χ4v) is 7.52. The maximum atomic E-state index is 14.0. The van der Waals surface area contributed by atoms with Gasteiger partial charge < -0.3 is 14.8 Å². The zero-order chi connectivity index (χ0) is 35.5. The Morgan fingerprint density at radius 1 is 0.880 bits per heavy atom. The van der Waals surface area contributed by atoms with E-state index in [1.807, 2.05) is 49.4 Å². The third-order valence-electron chi connectivity index (χ3n) is 7.59. The third kappa shape index (κ3) is 8.10. The number of amides is 1. The summed E-state index contributed by atoms with van der Waals surface area (Å²) in [4.78, 5) is 34.8. The summed E-state index contributed by atoms with van der Waals surface area (Å²) in [5.74, 6) is 0.907. The lowest BCUT2D eigenvalue weighted by molar-refractivity contribution is -0.117. The standard InChI is InChI=1S/C38H36N4O6S2/c1-25-10-16-30(17-11-25)50(45,46)42-24-31(33-23-40-34(49-33)21-28(43)20-26-8-6-5-7-9-26)35-32(18-19-39-36(35)42)47-29-14-12-27(13-15-29)22-41-37(44)48-38(2,3)4/h5-19,23-24H,20-22H2,1-4H3,(H,41,44). The molecule has 0 radical (unpaired) electrons. The lowest BCUT2D eigenvalue weighted by Gasteiger charge is -2.19. The molecule has 10 nitrogen and oxygen atoms in total. The molecule has 0 aliphatic heterocycles. The first-order chi connectivity index (χ1) is 23.9. The number of thiazole rings is 1. The smallest absolute Gasteiger partial charge is 0.407 e. The van der Waals surface area contributed by atoms with Crippen molar-refractivity contribution in [3.63, 3.8) is 0 Å². The van der Waals surface area contributed by atoms with Gasteiger partial charge in [0.25, 0.3) is 10.0 Å². The van der Waals surface area contributed by atoms with E-state index in [-0.39, 0.29) is 29.3 Å². The van der Waals surface area contributed by atoms with E-state index in [1.54, 1.807) is 69.4 Å². The van der Waals surface area contributed by atoms with Crippen molar-refractivity contribution in [1.82, 2.24) is 19.3 Å². The van der Waals surface area contributed by atoms with Crippen molar-refractivity contribution < 1.29 is 27.5 Å². The number of carbonyl (C=O) groups excluding carboxylic acids is 2. The second-order valence-electron chi connectivity index (χ2n) is 12.8. The van der Waals surface area contributed by atoms with Gasteiger partial charge in [-0.3, -0.25) is 4.79 Å². The highest BCUT2D eigenvalue weighted by molar-refractivity contribution is 7.90. The number of rotatable bonds is 11. The van der Waals surface area contributed by atoms with Crippen LogP contribution in [0.4, 0.5) is 4.79 Å². The molecule has 0 atom stereocenters. The number of Topliss-reactive ketones (excluding diaryl/α,β-unsaturated/α-hetero) is 1. The summed E-state index contributed by atoms with van der Waals surface area (Å²) in [6, 6.07) is 25.0. The maximum absolute atomic E-state index is 14.0. The Labute approximate surface area is 294 Å². The topological polar surface area (TPSA) is 129 Å². The summed E-state index contributed by atoms with van der Waals surface area (Å²) in [5.41, 5.74) is 2.83. The number of hydrogen-bond donors (Lipinski definition) is 1. The molecule has 3 aromatic carbocycles. The zero-order valence-electron chi connectivity index (χ0n) is 28.0. The number of ether oxygens (including phenoxy) is 2. The molecule has 3 heterocycles. The van der Waals surface area contributed by atoms with Gasteiger partial charge in [-0.05, 0) is 69.2 Å². The van der Waals surface area contributed by atoms with Crippen LogP contribution < -0.4 is 10.1 Å². The lowest BCUT2D eigenvalue weighted by Crippen LogP contribution is -2.32. The monoisotopic (exact) mass is 708 g/mol. The Balaban J connectivity index is 1.33. The highest BCUT2D eigenvalue weighted by Gasteiger charge is 2.26. The van der Waals surface area contributed by atoms with Crippen LogP contribution in [0.2, 0.25) is 0 Å². The molecular formula is C38H36N4O6S2. The van der Waals surface area contributed by atoms with E-state index in [0.29, 0.717) is 38.8 Å². The van der Waals surface area contributed by atoms with Crippen LogP contribution in [0.3, 0.4) is 0 Å². The minimum Gasteiger partial charge on any atom is -0.457 e. The van der Waals surface area contributed by atoms with Crippen LogP contribution in [-0.4, -0.2) is 39.8 Å². The van der Waals surface area contributed by atoms with Crippen LogP contribution >= 0.6 is 11.3 Å². The number of nitrogens with one attached hydrogen (secondary N) is 1. The number of alkyl carbamates (subject to hydrolysis) is 1. The van der Waals surface area contributed by atoms with Gasteiger partial charge >= 0.3 is 6.09 Å². The number of carbonyl (C=O) groups is 2. The first-order valence-corrected chi connectivity index (χ1v) is 18.2. The van der Waals surface area contributed by atoms with Gasteiger partial charge in [0, 0.05) is 37.1 Å². The summed E-state index contributed by atoms with van der Waals surface area (Å²) < 4.78 is 40.8. The molecule has 0 saturated heterocycles. The summed E-state index contributed by atoms with van der Waals surface area (Å²) >= 11 is 1.32. The zero-order valence-corrected chi connectivity index (χ0v) is 29.7. The number of ketones is 1. The molecule has 0 aliphatic rings. The molecule has 6 aromatic rings. The number of benzene rings is 3. The van der Waals surface area contributed by atoms with Crippen LogP contribution in [0.15, 0.2) is 108 Å². The number of hydrogen-bond acceptors (Lipinski definition) is 9. The molecule has 256 valence electrons. The quantitative estimate of drug-likeness (QED) is 0.144. The Hall–Kier alpha value is -5.33. The molecule has 50 heavy (non-hydrogen) atoms. The van der Waals surface area contributed by atoms with Gasteiger partial charge in [-0.1, -0.05) is 60.2 Å². The molecular weight excluding hydrogens is 673 g/mol. The Kier molecular flexibility index (Phi) is 9.85. The van der Waals surface area contributed by atoms with Crippen molar-refractivity contribution >= 4 is 44.3 Å². The average Bonchev–Trinajstić information content (AvgIpc) is 3.70. The molecule has 0 fully saturated rings. The van der Waals surface area contributed by atoms with Crippen LogP contribution in [-0.2, 0) is 38.9 Å². The third-order valence-corrected chi connectivity index (χ3v) is 10.3. The highest BCUT2D eigenvalue weighted by atomic mass is 32.2. The van der Waals surface area contributed by atoms with Crippen molar-refractivity contribution in [3.05, 3.63) is 125 Å². The van der Waals surface area contributed by atoms with Gasteiger partial charge in [0.05, 0.1) is 21.6 Å². The predicted octanol–water partition coefficient (Wildman–Crippen LogP) is 7.88. The fraction of sp³-hybridized carbons (Fsp3) is 0.211. The normalized spacial score (nSPS) is 11.8. The lowest BCUT2D eigenvalue weighted by atomic mass is 10.1. The van der Waals surface area contributed by atoms with E-state index in [9.17, 15) is 18.0 Å². The largest absolute Gasteiger partial charge is 0.457 e. The molecule has 6 rings (SSSR count). The van der Waals surface area contributed by atoms with Crippen molar-refractivity contribution in [2.45, 2.75) is 57.6 Å². The SMILES string of the molecule is Cc1ccc(S(=O)(=O)n2cc(-c3cnc(CC(=O)Cc4ccccc4)s3)c3c(Oc4ccc(CNC(=O)OC(C)(C)C)cc4)ccnc32)cc1.